The zero-order chi connectivity index (χ0) is 15.2. The molecule has 1 aromatic carbocycles. The van der Waals surface area contributed by atoms with E-state index in [1.54, 1.807) is 0 Å². The summed E-state index contributed by atoms with van der Waals surface area (Å²) in [6.07, 6.45) is 2.41. The minimum Gasteiger partial charge on any atom is -0.382 e. The Morgan fingerprint density at radius 3 is 2.52 bits per heavy atom. The maximum Gasteiger partial charge on any atom is 0.0598 e. The first-order valence-electron chi connectivity index (χ1n) is 7.62. The molecule has 21 heavy (non-hydrogen) atoms. The van der Waals surface area contributed by atoms with Gasteiger partial charge in [0.2, 0.25) is 0 Å². The van der Waals surface area contributed by atoms with Gasteiger partial charge in [0.1, 0.15) is 0 Å². The zero-order valence-electron chi connectivity index (χ0n) is 13.5. The molecule has 0 saturated heterocycles. The lowest BCUT2D eigenvalue weighted by Gasteiger charge is -2.26. The maximum atomic E-state index is 4.24. The maximum absolute atomic E-state index is 4.24. The first-order valence-corrected chi connectivity index (χ1v) is 7.62. The van der Waals surface area contributed by atoms with Crippen molar-refractivity contribution in [1.82, 2.24) is 15.2 Å². The predicted octanol–water partition coefficient (Wildman–Crippen LogP) is 3.48. The van der Waals surface area contributed by atoms with Crippen LogP contribution < -0.4 is 5.32 Å². The van der Waals surface area contributed by atoms with Gasteiger partial charge in [-0.1, -0.05) is 6.58 Å². The minimum absolute atomic E-state index is 0.180. The standard InChI is InChI=1S/C18H25N3/c1-12-8-15-10-16(20-17(15)9-13(12)2)11-19-14(3)18(6-7-18)21(4)5/h8-10,19-20H,3,6-7,11H2,1-2,4-5H3. The van der Waals surface area contributed by atoms with Gasteiger partial charge in [-0.05, 0) is 75.5 Å². The van der Waals surface area contributed by atoms with Gasteiger partial charge in [-0.2, -0.15) is 0 Å². The summed E-state index contributed by atoms with van der Waals surface area (Å²) in [6, 6.07) is 6.71. The van der Waals surface area contributed by atoms with Gasteiger partial charge in [0.05, 0.1) is 12.1 Å². The molecular weight excluding hydrogens is 258 g/mol. The minimum atomic E-state index is 0.180. The number of rotatable bonds is 5. The van der Waals surface area contributed by atoms with Crippen LogP contribution in [0.2, 0.25) is 0 Å². The molecule has 0 unspecified atom stereocenters. The van der Waals surface area contributed by atoms with Crippen LogP contribution in [-0.2, 0) is 6.54 Å². The molecule has 3 nitrogen and oxygen atoms in total. The van der Waals surface area contributed by atoms with Crippen LogP contribution in [0.3, 0.4) is 0 Å². The van der Waals surface area contributed by atoms with Crippen LogP contribution in [-0.4, -0.2) is 29.5 Å². The van der Waals surface area contributed by atoms with E-state index in [1.807, 2.05) is 0 Å². The molecular formula is C18H25N3. The number of aromatic nitrogens is 1. The first-order chi connectivity index (χ1) is 9.92. The van der Waals surface area contributed by atoms with Gasteiger partial charge in [0.25, 0.3) is 0 Å². The largest absolute Gasteiger partial charge is 0.382 e. The Balaban J connectivity index is 1.73. The van der Waals surface area contributed by atoms with E-state index in [1.165, 1.54) is 40.6 Å². The molecule has 1 fully saturated rings. The fraction of sp³-hybridized carbons (Fsp3) is 0.444. The number of benzene rings is 1. The van der Waals surface area contributed by atoms with E-state index in [2.05, 4.69) is 67.9 Å². The van der Waals surface area contributed by atoms with E-state index in [4.69, 9.17) is 0 Å². The van der Waals surface area contributed by atoms with E-state index in [0.717, 1.165) is 12.2 Å². The normalized spacial score (nSPS) is 16.4. The van der Waals surface area contributed by atoms with Gasteiger partial charge >= 0.3 is 0 Å². The van der Waals surface area contributed by atoms with E-state index in [-0.39, 0.29) is 5.54 Å². The number of aryl methyl sites for hydroxylation is 2. The van der Waals surface area contributed by atoms with Gasteiger partial charge in [0.15, 0.2) is 0 Å². The topological polar surface area (TPSA) is 31.1 Å². The molecule has 1 aliphatic rings. The van der Waals surface area contributed by atoms with E-state index in [0.29, 0.717) is 0 Å². The third-order valence-electron chi connectivity index (χ3n) is 4.92. The molecule has 0 amide bonds. The van der Waals surface area contributed by atoms with Gasteiger partial charge in [-0.3, -0.25) is 4.90 Å². The molecule has 1 saturated carbocycles. The Bertz CT molecular complexity index is 651. The second-order valence-corrected chi connectivity index (χ2v) is 6.58. The Hall–Kier alpha value is -1.74. The summed E-state index contributed by atoms with van der Waals surface area (Å²) in [5.41, 5.74) is 6.42. The van der Waals surface area contributed by atoms with Crippen molar-refractivity contribution >= 4 is 10.9 Å². The van der Waals surface area contributed by atoms with E-state index in [9.17, 15) is 0 Å². The van der Waals surface area contributed by atoms with Gasteiger partial charge < -0.3 is 10.3 Å². The van der Waals surface area contributed by atoms with Crippen molar-refractivity contribution in [2.24, 2.45) is 0 Å². The molecule has 112 valence electrons. The quantitative estimate of drug-likeness (QED) is 0.880. The summed E-state index contributed by atoms with van der Waals surface area (Å²) >= 11 is 0. The molecule has 3 heteroatoms. The van der Waals surface area contributed by atoms with Gasteiger partial charge in [0, 0.05) is 16.9 Å². The Morgan fingerprint density at radius 1 is 1.24 bits per heavy atom. The molecule has 0 bridgehead atoms. The van der Waals surface area contributed by atoms with Crippen LogP contribution in [0.15, 0.2) is 30.5 Å². The Morgan fingerprint density at radius 2 is 1.90 bits per heavy atom. The molecule has 0 atom stereocenters. The average molecular weight is 283 g/mol. The fourth-order valence-electron chi connectivity index (χ4n) is 3.06. The highest BCUT2D eigenvalue weighted by Gasteiger charge is 2.47. The number of nitrogens with zero attached hydrogens (tertiary/aromatic N) is 1. The third kappa shape index (κ3) is 2.46. The highest BCUT2D eigenvalue weighted by atomic mass is 15.2. The molecule has 0 radical (unpaired) electrons. The number of H-pyrrole nitrogens is 1. The fourth-order valence-corrected chi connectivity index (χ4v) is 3.06. The lowest BCUT2D eigenvalue weighted by Crippen LogP contribution is -2.37. The number of hydrogen-bond donors (Lipinski definition) is 2. The van der Waals surface area contributed by atoms with Crippen molar-refractivity contribution < 1.29 is 0 Å². The molecule has 1 heterocycles. The number of nitrogens with one attached hydrogen (secondary N) is 2. The van der Waals surface area contributed by atoms with E-state index >= 15 is 0 Å². The smallest absolute Gasteiger partial charge is 0.0598 e. The second kappa shape index (κ2) is 4.92. The van der Waals surface area contributed by atoms with Crippen molar-refractivity contribution in [1.29, 1.82) is 0 Å². The number of aromatic amines is 1. The second-order valence-electron chi connectivity index (χ2n) is 6.58. The van der Waals surface area contributed by atoms with Crippen LogP contribution in [0.4, 0.5) is 0 Å². The number of fused-ring (bicyclic) bond motifs is 1. The molecule has 1 aliphatic carbocycles. The Kier molecular flexibility index (Phi) is 3.33. The van der Waals surface area contributed by atoms with Crippen molar-refractivity contribution in [2.45, 2.75) is 38.8 Å². The summed E-state index contributed by atoms with van der Waals surface area (Å²) < 4.78 is 0. The SMILES string of the molecule is C=C(NCc1cc2cc(C)c(C)cc2[nH]1)C1(N(C)C)CC1. The summed E-state index contributed by atoms with van der Waals surface area (Å²) in [4.78, 5) is 5.78. The molecule has 2 aromatic rings. The summed E-state index contributed by atoms with van der Waals surface area (Å²) in [6.45, 7) is 9.37. The lowest BCUT2D eigenvalue weighted by atomic mass is 10.1. The van der Waals surface area contributed by atoms with Crippen molar-refractivity contribution in [2.75, 3.05) is 14.1 Å². The van der Waals surface area contributed by atoms with Crippen LogP contribution in [0.5, 0.6) is 0 Å². The van der Waals surface area contributed by atoms with Crippen molar-refractivity contribution in [3.63, 3.8) is 0 Å². The van der Waals surface area contributed by atoms with Gasteiger partial charge in [-0.15, -0.1) is 0 Å². The summed E-state index contributed by atoms with van der Waals surface area (Å²) in [7, 11) is 4.27. The third-order valence-corrected chi connectivity index (χ3v) is 4.92. The molecule has 0 spiro atoms. The zero-order valence-corrected chi connectivity index (χ0v) is 13.5. The van der Waals surface area contributed by atoms with E-state index < -0.39 is 0 Å². The number of hydrogen-bond acceptors (Lipinski definition) is 2. The van der Waals surface area contributed by atoms with Crippen LogP contribution in [0.25, 0.3) is 10.9 Å². The molecule has 0 aliphatic heterocycles. The molecule has 2 N–H and O–H groups in total. The molecule has 3 rings (SSSR count). The predicted molar refractivity (Wildman–Crippen MR) is 89.4 cm³/mol. The van der Waals surface area contributed by atoms with Crippen LogP contribution >= 0.6 is 0 Å². The highest BCUT2D eigenvalue weighted by Crippen LogP contribution is 2.44. The highest BCUT2D eigenvalue weighted by molar-refractivity contribution is 5.82. The number of likely N-dealkylation sites (N-methyl/N-ethyl adjacent to an activating group) is 1. The lowest BCUT2D eigenvalue weighted by molar-refractivity contribution is 0.299. The Labute approximate surface area is 127 Å². The van der Waals surface area contributed by atoms with Crippen LogP contribution in [0.1, 0.15) is 29.7 Å². The summed E-state index contributed by atoms with van der Waals surface area (Å²) in [5, 5.41) is 4.79. The van der Waals surface area contributed by atoms with Crippen LogP contribution in [0, 0.1) is 13.8 Å². The average Bonchev–Trinajstić information content (AvgIpc) is 3.15. The van der Waals surface area contributed by atoms with Crippen molar-refractivity contribution in [3.8, 4) is 0 Å². The molecule has 1 aromatic heterocycles. The summed E-state index contributed by atoms with van der Waals surface area (Å²) in [5.74, 6) is 0. The first kappa shape index (κ1) is 14.2. The monoisotopic (exact) mass is 283 g/mol. The van der Waals surface area contributed by atoms with Crippen molar-refractivity contribution in [3.05, 3.63) is 47.3 Å². The van der Waals surface area contributed by atoms with Gasteiger partial charge in [-0.25, -0.2) is 0 Å².